The van der Waals surface area contributed by atoms with Crippen LogP contribution in [-0.2, 0) is 33.2 Å². The molecule has 3 heterocycles. The third kappa shape index (κ3) is 43.4. The van der Waals surface area contributed by atoms with E-state index in [0.717, 1.165) is 116 Å². The van der Waals surface area contributed by atoms with Gasteiger partial charge in [-0.2, -0.15) is 0 Å². The standard InChI is InChI=1S/C85H145NO18/c1-3-5-7-9-11-13-15-17-19-21-23-25-27-29-31-32-33-34-35-36-37-39-41-43-45-47-49-51-53-55-57-59-61-63-73(91)86-68(69(90)62-60-58-56-54-52-50-48-46-44-42-40-38-30-28-26-24-22-20-18-16-14-12-10-8-6-4-2)67-99-83-79(97)76(94)81(71(65-88)101-83)104-85-80(98)77(95)82(72(66-89)102-85)103-84-78(96)75(93)74(92)70(64-87)100-84/h5,7,11,13,17,19,23,25,29,31,33-34,36-37,41,43,47,49,60,62,68-72,74-85,87-90,92-98H,3-4,6,8-10,12,14-16,18,20-22,24,26-28,30,32,35,38-40,42,44-46,48,50-59,61,63-67H2,1-2H3,(H,86,91)/b7-5-,13-11-,19-17-,25-23-,31-29-,34-33-,37-36-,43-41-,49-47-,62-60+. The zero-order valence-corrected chi connectivity index (χ0v) is 64.0. The van der Waals surface area contributed by atoms with Crippen LogP contribution in [0.25, 0.3) is 0 Å². The molecule has 3 aliphatic heterocycles. The first-order valence-corrected chi connectivity index (χ1v) is 40.8. The maximum Gasteiger partial charge on any atom is 0.220 e. The minimum Gasteiger partial charge on any atom is -0.394 e. The average molecular weight is 1470 g/mol. The van der Waals surface area contributed by atoms with E-state index in [1.165, 1.54) is 135 Å². The second-order valence-corrected chi connectivity index (χ2v) is 28.5. The second-order valence-electron chi connectivity index (χ2n) is 28.5. The van der Waals surface area contributed by atoms with Gasteiger partial charge in [-0.25, -0.2) is 0 Å². The van der Waals surface area contributed by atoms with Gasteiger partial charge in [-0.15, -0.1) is 0 Å². The molecule has 1 amide bonds. The Morgan fingerprint density at radius 3 is 1.04 bits per heavy atom. The Bertz CT molecular complexity index is 2350. The predicted molar refractivity (Wildman–Crippen MR) is 415 cm³/mol. The van der Waals surface area contributed by atoms with Crippen LogP contribution in [0.5, 0.6) is 0 Å². The molecule has 19 heteroatoms. The van der Waals surface area contributed by atoms with Gasteiger partial charge in [0.15, 0.2) is 18.9 Å². The van der Waals surface area contributed by atoms with Crippen molar-refractivity contribution in [3.05, 3.63) is 122 Å². The molecule has 3 aliphatic rings. The summed E-state index contributed by atoms with van der Waals surface area (Å²) in [6.45, 7) is 1.62. The van der Waals surface area contributed by atoms with E-state index < -0.39 is 124 Å². The minimum atomic E-state index is -1.99. The van der Waals surface area contributed by atoms with E-state index >= 15 is 0 Å². The van der Waals surface area contributed by atoms with Crippen molar-refractivity contribution < 1.29 is 89.4 Å². The largest absolute Gasteiger partial charge is 0.394 e. The van der Waals surface area contributed by atoms with Crippen molar-refractivity contribution in [2.45, 2.75) is 381 Å². The Balaban J connectivity index is 1.39. The summed E-state index contributed by atoms with van der Waals surface area (Å²) in [5.74, 6) is -0.297. The molecule has 0 saturated carbocycles. The van der Waals surface area contributed by atoms with Gasteiger partial charge < -0.3 is 89.9 Å². The fourth-order valence-corrected chi connectivity index (χ4v) is 13.0. The summed E-state index contributed by atoms with van der Waals surface area (Å²) >= 11 is 0. The zero-order chi connectivity index (χ0) is 75.3. The lowest BCUT2D eigenvalue weighted by Gasteiger charge is -2.48. The fourth-order valence-electron chi connectivity index (χ4n) is 13.0. The number of hydrogen-bond acceptors (Lipinski definition) is 18. The third-order valence-electron chi connectivity index (χ3n) is 19.5. The van der Waals surface area contributed by atoms with E-state index in [1.807, 2.05) is 6.08 Å². The number of aliphatic hydroxyl groups is 11. The van der Waals surface area contributed by atoms with Crippen LogP contribution in [0, 0.1) is 0 Å². The Hall–Kier alpha value is -3.81. The van der Waals surface area contributed by atoms with Gasteiger partial charge in [-0.3, -0.25) is 4.79 Å². The summed E-state index contributed by atoms with van der Waals surface area (Å²) in [6, 6.07) is -0.995. The van der Waals surface area contributed by atoms with Gasteiger partial charge >= 0.3 is 0 Å². The van der Waals surface area contributed by atoms with Crippen LogP contribution in [0.4, 0.5) is 0 Å². The van der Waals surface area contributed by atoms with E-state index in [2.05, 4.69) is 129 Å². The molecule has 19 nitrogen and oxygen atoms in total. The molecule has 104 heavy (non-hydrogen) atoms. The van der Waals surface area contributed by atoms with Crippen LogP contribution in [0.3, 0.4) is 0 Å². The molecule has 3 saturated heterocycles. The van der Waals surface area contributed by atoms with Crippen LogP contribution in [0.1, 0.15) is 277 Å². The van der Waals surface area contributed by atoms with Crippen molar-refractivity contribution >= 4 is 5.91 Å². The van der Waals surface area contributed by atoms with Crippen molar-refractivity contribution in [2.24, 2.45) is 0 Å². The average Bonchev–Trinajstić information content (AvgIpc) is 0.783. The van der Waals surface area contributed by atoms with Crippen molar-refractivity contribution in [1.82, 2.24) is 5.32 Å². The first-order chi connectivity index (χ1) is 50.8. The molecule has 12 N–H and O–H groups in total. The van der Waals surface area contributed by atoms with Gasteiger partial charge in [0.1, 0.15) is 73.2 Å². The van der Waals surface area contributed by atoms with Crippen LogP contribution in [-0.4, -0.2) is 193 Å². The summed E-state index contributed by atoms with van der Waals surface area (Å²) in [5.41, 5.74) is 0. The molecular weight excluding hydrogens is 1320 g/mol. The van der Waals surface area contributed by atoms with Crippen molar-refractivity contribution in [2.75, 3.05) is 26.4 Å². The highest BCUT2D eigenvalue weighted by molar-refractivity contribution is 5.76. The number of aliphatic hydroxyl groups excluding tert-OH is 11. The molecule has 3 fully saturated rings. The van der Waals surface area contributed by atoms with E-state index in [9.17, 15) is 61.0 Å². The maximum absolute atomic E-state index is 13.5. The van der Waals surface area contributed by atoms with Gasteiger partial charge in [0, 0.05) is 6.42 Å². The van der Waals surface area contributed by atoms with Crippen molar-refractivity contribution in [3.8, 4) is 0 Å². The molecule has 598 valence electrons. The summed E-state index contributed by atoms with van der Waals surface area (Å²) in [6.07, 6.45) is 63.1. The molecule has 0 spiro atoms. The van der Waals surface area contributed by atoms with Gasteiger partial charge in [0.2, 0.25) is 5.91 Å². The monoisotopic (exact) mass is 1470 g/mol. The highest BCUT2D eigenvalue weighted by Crippen LogP contribution is 2.33. The van der Waals surface area contributed by atoms with Crippen LogP contribution in [0.2, 0.25) is 0 Å². The van der Waals surface area contributed by atoms with Gasteiger partial charge in [0.05, 0.1) is 38.6 Å². The molecule has 0 aliphatic carbocycles. The Morgan fingerprint density at radius 1 is 0.356 bits per heavy atom. The molecule has 0 aromatic rings. The minimum absolute atomic E-state index is 0.213. The molecule has 17 unspecified atom stereocenters. The first kappa shape index (κ1) is 94.4. The number of hydrogen-bond donors (Lipinski definition) is 12. The van der Waals surface area contributed by atoms with Crippen molar-refractivity contribution in [1.29, 1.82) is 0 Å². The normalized spacial score (nSPS) is 26.6. The molecule has 0 aromatic heterocycles. The summed E-state index contributed by atoms with van der Waals surface area (Å²) in [5, 5.41) is 121. The van der Waals surface area contributed by atoms with Crippen LogP contribution in [0.15, 0.2) is 122 Å². The topological polar surface area (TPSA) is 307 Å². The quantitative estimate of drug-likeness (QED) is 0.0199. The highest BCUT2D eigenvalue weighted by Gasteiger charge is 2.54. The first-order valence-electron chi connectivity index (χ1n) is 40.8. The van der Waals surface area contributed by atoms with Gasteiger partial charge in [0.25, 0.3) is 0 Å². The van der Waals surface area contributed by atoms with Gasteiger partial charge in [-0.05, 0) is 89.9 Å². The smallest absolute Gasteiger partial charge is 0.220 e. The second kappa shape index (κ2) is 64.1. The lowest BCUT2D eigenvalue weighted by Crippen LogP contribution is -2.66. The number of amides is 1. The summed E-state index contributed by atoms with van der Waals surface area (Å²) in [4.78, 5) is 13.5. The Labute approximate surface area is 627 Å². The number of unbranched alkanes of at least 4 members (excludes halogenated alkanes) is 29. The van der Waals surface area contributed by atoms with E-state index in [-0.39, 0.29) is 18.9 Å². The van der Waals surface area contributed by atoms with Crippen LogP contribution < -0.4 is 5.32 Å². The molecule has 0 radical (unpaired) electrons. The molecule has 0 aromatic carbocycles. The maximum atomic E-state index is 13.5. The lowest BCUT2D eigenvalue weighted by molar-refractivity contribution is -0.379. The van der Waals surface area contributed by atoms with Gasteiger partial charge in [-0.1, -0.05) is 302 Å². The number of rotatable bonds is 63. The molecule has 0 bridgehead atoms. The van der Waals surface area contributed by atoms with Crippen LogP contribution >= 0.6 is 0 Å². The highest BCUT2D eigenvalue weighted by atomic mass is 16.8. The Kier molecular flexibility index (Phi) is 58.1. The molecule has 17 atom stereocenters. The lowest BCUT2D eigenvalue weighted by atomic mass is 9.96. The number of carbonyl (C=O) groups excluding carboxylic acids is 1. The predicted octanol–water partition coefficient (Wildman–Crippen LogP) is 13.9. The summed E-state index contributed by atoms with van der Waals surface area (Å²) < 4.78 is 34.4. The number of carbonyl (C=O) groups is 1. The summed E-state index contributed by atoms with van der Waals surface area (Å²) in [7, 11) is 0. The van der Waals surface area contributed by atoms with E-state index in [1.54, 1.807) is 6.08 Å². The number of allylic oxidation sites excluding steroid dienone is 19. The third-order valence-corrected chi connectivity index (χ3v) is 19.5. The molecule has 3 rings (SSSR count). The fraction of sp³-hybridized carbons (Fsp3) is 0.753. The molecular formula is C85H145NO18. The van der Waals surface area contributed by atoms with E-state index in [0.29, 0.717) is 6.42 Å². The SMILES string of the molecule is CC/C=C\C/C=C\C/C=C\C/C=C\C/C=C\C/C=C\C/C=C\C/C=C\C/C=C\CCCCCCCC(=O)NC(COC1OC(CO)C(OC2OC(CO)C(OC3OC(CO)C(O)C(O)C3O)C(O)C2O)C(O)C1O)C(O)/C=C/CCCCCCCCCCCCCCCCCCCCCCCCCC. The number of nitrogens with one attached hydrogen (secondary N) is 1. The van der Waals surface area contributed by atoms with E-state index in [4.69, 9.17) is 28.4 Å². The number of ether oxygens (including phenoxy) is 6. The Morgan fingerprint density at radius 2 is 0.663 bits per heavy atom. The zero-order valence-electron chi connectivity index (χ0n) is 64.0. The van der Waals surface area contributed by atoms with Crippen molar-refractivity contribution in [3.63, 3.8) is 0 Å².